The first-order valence-corrected chi connectivity index (χ1v) is 9.30. The standard InChI is InChI=1S/C21H24BN3O3/c1-15-11-17(5-3-2-4-10-28-22(15)27)20(13-23)21(26)25-19-7-6-18-14-24-9-8-16(18)12-19/h3,5-9,11-12,14,20,27H,1-2,4,10,13,23H2,(H,25,26)/b5-3-,17-11+. The minimum atomic E-state index is -1.09. The number of carbonyl (C=O) groups excluding carboxylic acids is 1. The smallest absolute Gasteiger partial charge is 0.423 e. The molecule has 2 aromatic rings. The van der Waals surface area contributed by atoms with Crippen molar-refractivity contribution in [2.24, 2.45) is 11.7 Å². The molecule has 7 heteroatoms. The second-order valence-corrected chi connectivity index (χ2v) is 6.70. The van der Waals surface area contributed by atoms with Crippen LogP contribution < -0.4 is 11.1 Å². The third-order valence-corrected chi connectivity index (χ3v) is 4.63. The number of aromatic nitrogens is 1. The molecule has 3 rings (SSSR count). The highest BCUT2D eigenvalue weighted by atomic mass is 16.5. The van der Waals surface area contributed by atoms with Crippen molar-refractivity contribution >= 4 is 29.5 Å². The molecule has 0 bridgehead atoms. The zero-order valence-corrected chi connectivity index (χ0v) is 15.7. The molecule has 144 valence electrons. The summed E-state index contributed by atoms with van der Waals surface area (Å²) in [6, 6.07) is 7.54. The first-order valence-electron chi connectivity index (χ1n) is 9.30. The van der Waals surface area contributed by atoms with Crippen LogP contribution >= 0.6 is 0 Å². The number of carbonyl (C=O) groups is 1. The molecule has 6 nitrogen and oxygen atoms in total. The maximum Gasteiger partial charge on any atom is 0.490 e. The number of amides is 1. The zero-order valence-electron chi connectivity index (χ0n) is 15.7. The molecule has 2 heterocycles. The van der Waals surface area contributed by atoms with Crippen LogP contribution in [0, 0.1) is 5.92 Å². The van der Waals surface area contributed by atoms with Crippen LogP contribution in [0.4, 0.5) is 5.69 Å². The monoisotopic (exact) mass is 377 g/mol. The molecule has 1 unspecified atom stereocenters. The maximum absolute atomic E-state index is 12.9. The summed E-state index contributed by atoms with van der Waals surface area (Å²) in [5.74, 6) is -0.792. The fourth-order valence-electron chi connectivity index (χ4n) is 3.06. The molecule has 0 saturated heterocycles. The lowest BCUT2D eigenvalue weighted by atomic mass is 9.77. The van der Waals surface area contributed by atoms with Gasteiger partial charge in [-0.3, -0.25) is 9.78 Å². The summed E-state index contributed by atoms with van der Waals surface area (Å²) >= 11 is 0. The van der Waals surface area contributed by atoms with Gasteiger partial charge >= 0.3 is 7.12 Å². The Kier molecular flexibility index (Phi) is 6.76. The fraction of sp³-hybridized carbons (Fsp3) is 0.238. The Morgan fingerprint density at radius 3 is 3.07 bits per heavy atom. The van der Waals surface area contributed by atoms with E-state index < -0.39 is 13.0 Å². The lowest BCUT2D eigenvalue weighted by Gasteiger charge is -2.18. The molecule has 0 saturated carbocycles. The number of nitrogens with two attached hydrogens (primary N) is 1. The quantitative estimate of drug-likeness (QED) is 0.712. The van der Waals surface area contributed by atoms with Gasteiger partial charge in [0.25, 0.3) is 0 Å². The maximum atomic E-state index is 12.9. The summed E-state index contributed by atoms with van der Waals surface area (Å²) in [6.07, 6.45) is 10.6. The molecular formula is C21H24BN3O3. The van der Waals surface area contributed by atoms with Gasteiger partial charge in [0.05, 0.1) is 5.92 Å². The number of nitrogens with one attached hydrogen (secondary N) is 1. The third kappa shape index (κ3) is 4.95. The first-order chi connectivity index (χ1) is 13.6. The van der Waals surface area contributed by atoms with Gasteiger partial charge in [0.1, 0.15) is 0 Å². The van der Waals surface area contributed by atoms with Gasteiger partial charge in [-0.05, 0) is 47.5 Å². The Balaban J connectivity index is 1.82. The second-order valence-electron chi connectivity index (χ2n) is 6.70. The van der Waals surface area contributed by atoms with Crippen molar-refractivity contribution in [1.82, 2.24) is 4.98 Å². The summed E-state index contributed by atoms with van der Waals surface area (Å²) in [6.45, 7) is 4.43. The lowest BCUT2D eigenvalue weighted by molar-refractivity contribution is -0.118. The molecule has 0 fully saturated rings. The molecule has 1 amide bonds. The van der Waals surface area contributed by atoms with Crippen LogP contribution in [-0.4, -0.2) is 36.2 Å². The minimum Gasteiger partial charge on any atom is -0.423 e. The number of allylic oxidation sites excluding steroid dienone is 4. The predicted molar refractivity (Wildman–Crippen MR) is 112 cm³/mol. The normalized spacial score (nSPS) is 19.6. The number of pyridine rings is 1. The van der Waals surface area contributed by atoms with Crippen LogP contribution in [0.5, 0.6) is 0 Å². The number of fused-ring (bicyclic) bond motifs is 1. The Morgan fingerprint density at radius 1 is 1.39 bits per heavy atom. The van der Waals surface area contributed by atoms with E-state index in [0.29, 0.717) is 23.3 Å². The summed E-state index contributed by atoms with van der Waals surface area (Å²) in [7, 11) is -1.09. The average molecular weight is 377 g/mol. The average Bonchev–Trinajstić information content (AvgIpc) is 2.70. The van der Waals surface area contributed by atoms with Gasteiger partial charge in [0, 0.05) is 36.6 Å². The molecule has 1 aromatic heterocycles. The Bertz CT molecular complexity index is 926. The Morgan fingerprint density at radius 2 is 2.25 bits per heavy atom. The SMILES string of the molecule is C=C1/C=C(C(CN)C(=O)Nc2ccc3cnccc3c2)\C=C/CCCOB1O. The van der Waals surface area contributed by atoms with Crippen LogP contribution in [0.25, 0.3) is 10.8 Å². The molecule has 0 radical (unpaired) electrons. The number of anilines is 1. The van der Waals surface area contributed by atoms with Gasteiger partial charge in [0.2, 0.25) is 5.91 Å². The number of nitrogens with zero attached hydrogens (tertiary/aromatic N) is 1. The van der Waals surface area contributed by atoms with Crippen LogP contribution in [0.2, 0.25) is 0 Å². The van der Waals surface area contributed by atoms with E-state index in [-0.39, 0.29) is 12.5 Å². The van der Waals surface area contributed by atoms with E-state index in [1.165, 1.54) is 0 Å². The third-order valence-electron chi connectivity index (χ3n) is 4.63. The minimum absolute atomic E-state index is 0.129. The van der Waals surface area contributed by atoms with Gasteiger partial charge in [-0.1, -0.05) is 30.9 Å². The molecule has 0 aliphatic carbocycles. The zero-order chi connectivity index (χ0) is 19.9. The van der Waals surface area contributed by atoms with Crippen LogP contribution in [0.1, 0.15) is 12.8 Å². The first kappa shape index (κ1) is 20.0. The Hall–Kier alpha value is -2.74. The van der Waals surface area contributed by atoms with Gasteiger partial charge in [-0.2, -0.15) is 0 Å². The highest BCUT2D eigenvalue weighted by molar-refractivity contribution is 6.53. The number of benzene rings is 1. The largest absolute Gasteiger partial charge is 0.490 e. The van der Waals surface area contributed by atoms with E-state index in [9.17, 15) is 9.82 Å². The highest BCUT2D eigenvalue weighted by Crippen LogP contribution is 2.22. The van der Waals surface area contributed by atoms with Gasteiger partial charge in [-0.25, -0.2) is 0 Å². The van der Waals surface area contributed by atoms with E-state index in [0.717, 1.165) is 23.6 Å². The molecule has 1 atom stereocenters. The van der Waals surface area contributed by atoms with Crippen LogP contribution in [0.15, 0.2) is 72.5 Å². The van der Waals surface area contributed by atoms with Crippen molar-refractivity contribution in [3.8, 4) is 0 Å². The van der Waals surface area contributed by atoms with Crippen LogP contribution in [0.3, 0.4) is 0 Å². The molecule has 1 aliphatic rings. The van der Waals surface area contributed by atoms with E-state index >= 15 is 0 Å². The molecule has 1 aromatic carbocycles. The highest BCUT2D eigenvalue weighted by Gasteiger charge is 2.23. The molecule has 0 spiro atoms. The summed E-state index contributed by atoms with van der Waals surface area (Å²) < 4.78 is 5.33. The molecular weight excluding hydrogens is 353 g/mol. The summed E-state index contributed by atoms with van der Waals surface area (Å²) in [4.78, 5) is 17.0. The second kappa shape index (κ2) is 9.46. The molecule has 4 N–H and O–H groups in total. The topological polar surface area (TPSA) is 97.5 Å². The molecule has 28 heavy (non-hydrogen) atoms. The number of hydrogen-bond donors (Lipinski definition) is 3. The van der Waals surface area contributed by atoms with Gasteiger partial charge in [-0.15, -0.1) is 0 Å². The predicted octanol–water partition coefficient (Wildman–Crippen LogP) is 2.62. The lowest BCUT2D eigenvalue weighted by Crippen LogP contribution is -2.31. The fourth-order valence-corrected chi connectivity index (χ4v) is 3.06. The van der Waals surface area contributed by atoms with E-state index in [4.69, 9.17) is 10.4 Å². The van der Waals surface area contributed by atoms with E-state index in [2.05, 4.69) is 16.9 Å². The van der Waals surface area contributed by atoms with Crippen molar-refractivity contribution in [2.75, 3.05) is 18.5 Å². The Labute approximate surface area is 164 Å². The van der Waals surface area contributed by atoms with Crippen molar-refractivity contribution in [3.05, 3.63) is 72.5 Å². The summed E-state index contributed by atoms with van der Waals surface area (Å²) in [5, 5.41) is 14.9. The summed E-state index contributed by atoms with van der Waals surface area (Å²) in [5.41, 5.74) is 7.70. The van der Waals surface area contributed by atoms with Crippen molar-refractivity contribution in [2.45, 2.75) is 12.8 Å². The van der Waals surface area contributed by atoms with E-state index in [1.54, 1.807) is 18.5 Å². The van der Waals surface area contributed by atoms with E-state index in [1.807, 2.05) is 36.4 Å². The van der Waals surface area contributed by atoms with Crippen LogP contribution in [-0.2, 0) is 9.45 Å². The van der Waals surface area contributed by atoms with Crippen molar-refractivity contribution < 1.29 is 14.5 Å². The van der Waals surface area contributed by atoms with Gasteiger partial charge in [0.15, 0.2) is 0 Å². The molecule has 1 aliphatic heterocycles. The number of rotatable bonds is 4. The van der Waals surface area contributed by atoms with Crippen molar-refractivity contribution in [3.63, 3.8) is 0 Å². The van der Waals surface area contributed by atoms with Gasteiger partial charge < -0.3 is 20.7 Å². The number of hydrogen-bond acceptors (Lipinski definition) is 5. The van der Waals surface area contributed by atoms with Crippen molar-refractivity contribution in [1.29, 1.82) is 0 Å².